The lowest BCUT2D eigenvalue weighted by Crippen LogP contribution is -2.23. The highest BCUT2D eigenvalue weighted by molar-refractivity contribution is 6.06. The minimum atomic E-state index is 0.0797. The van der Waals surface area contributed by atoms with E-state index in [1.807, 2.05) is 31.1 Å². The zero-order valence-corrected chi connectivity index (χ0v) is 15.1. The molecule has 0 amide bonds. The summed E-state index contributed by atoms with van der Waals surface area (Å²) >= 11 is 0. The highest BCUT2D eigenvalue weighted by Gasteiger charge is 2.19. The number of aromatic amines is 1. The molecule has 0 radical (unpaired) electrons. The summed E-state index contributed by atoms with van der Waals surface area (Å²) in [5.41, 5.74) is 4.95. The van der Waals surface area contributed by atoms with E-state index in [4.69, 9.17) is 9.98 Å². The van der Waals surface area contributed by atoms with Gasteiger partial charge in [0.15, 0.2) is 5.82 Å². The molecule has 134 valence electrons. The summed E-state index contributed by atoms with van der Waals surface area (Å²) in [4.78, 5) is 17.5. The fraction of sp³-hybridized carbons (Fsp3) is 0.316. The molecule has 3 aromatic heterocycles. The van der Waals surface area contributed by atoms with Crippen molar-refractivity contribution in [3.63, 3.8) is 0 Å². The Bertz CT molecular complexity index is 1020. The van der Waals surface area contributed by atoms with Crippen molar-refractivity contribution < 1.29 is 0 Å². The number of nitrogens with zero attached hydrogens (tertiary/aromatic N) is 4. The molecule has 0 saturated carbocycles. The summed E-state index contributed by atoms with van der Waals surface area (Å²) in [6, 6.07) is 2.24. The van der Waals surface area contributed by atoms with Crippen molar-refractivity contribution in [3.05, 3.63) is 42.9 Å². The molecule has 1 aliphatic rings. The lowest BCUT2D eigenvalue weighted by atomic mass is 10.1. The Labute approximate surface area is 151 Å². The zero-order chi connectivity index (χ0) is 18.1. The molecule has 7 heteroatoms. The molecule has 1 atom stereocenters. The van der Waals surface area contributed by atoms with Crippen LogP contribution < -0.4 is 10.6 Å². The standard InChI is InChI=1S/C19H23N7/c1-4-8-21-10-12-6-5-7-14(23-12)15-9-13-17-16(22-11-26(17)3)19(20-2)25-18(13)24-15/h4-6,9,11,14,21H,1,7-8,10H2,2-3H3,(H2,20,24,25). The number of dihydropyridines is 1. The number of aryl methyl sites for hydroxylation is 1. The SMILES string of the molecule is C=CCNCC1=NC(c2cc3c(nc(NC)c4ncn(C)c43)[nH]2)CC=C1. The van der Waals surface area contributed by atoms with Crippen LogP contribution in [0.3, 0.4) is 0 Å². The molecular weight excluding hydrogens is 326 g/mol. The van der Waals surface area contributed by atoms with Gasteiger partial charge in [-0.05, 0) is 18.6 Å². The second kappa shape index (κ2) is 6.76. The Balaban J connectivity index is 1.73. The summed E-state index contributed by atoms with van der Waals surface area (Å²) in [6.07, 6.45) is 8.83. The summed E-state index contributed by atoms with van der Waals surface area (Å²) in [7, 11) is 3.87. The minimum absolute atomic E-state index is 0.0797. The first kappa shape index (κ1) is 16.5. The normalized spacial score (nSPS) is 17.0. The Morgan fingerprint density at radius 3 is 3.15 bits per heavy atom. The average Bonchev–Trinajstić information content (AvgIpc) is 3.25. The number of hydrogen-bond donors (Lipinski definition) is 3. The van der Waals surface area contributed by atoms with E-state index < -0.39 is 0 Å². The van der Waals surface area contributed by atoms with Gasteiger partial charge >= 0.3 is 0 Å². The highest BCUT2D eigenvalue weighted by Crippen LogP contribution is 2.32. The van der Waals surface area contributed by atoms with Crippen LogP contribution in [0, 0.1) is 0 Å². The number of hydrogen-bond acceptors (Lipinski definition) is 5. The molecule has 0 aliphatic carbocycles. The first-order chi connectivity index (χ1) is 12.7. The van der Waals surface area contributed by atoms with Gasteiger partial charge < -0.3 is 20.2 Å². The molecule has 0 fully saturated rings. The Kier molecular flexibility index (Phi) is 4.30. The van der Waals surface area contributed by atoms with Crippen molar-refractivity contribution in [3.8, 4) is 0 Å². The molecule has 0 aromatic carbocycles. The molecule has 1 unspecified atom stereocenters. The fourth-order valence-corrected chi connectivity index (χ4v) is 3.40. The molecular formula is C19H23N7. The van der Waals surface area contributed by atoms with Gasteiger partial charge in [-0.15, -0.1) is 6.58 Å². The molecule has 4 rings (SSSR count). The number of fused-ring (bicyclic) bond motifs is 3. The van der Waals surface area contributed by atoms with E-state index in [0.29, 0.717) is 0 Å². The number of nitrogens with one attached hydrogen (secondary N) is 3. The van der Waals surface area contributed by atoms with E-state index in [-0.39, 0.29) is 6.04 Å². The van der Waals surface area contributed by atoms with Crippen molar-refractivity contribution in [1.29, 1.82) is 0 Å². The Morgan fingerprint density at radius 1 is 1.46 bits per heavy atom. The third-order valence-corrected chi connectivity index (χ3v) is 4.64. The monoisotopic (exact) mass is 349 g/mol. The van der Waals surface area contributed by atoms with Crippen molar-refractivity contribution in [2.75, 3.05) is 25.5 Å². The smallest absolute Gasteiger partial charge is 0.156 e. The van der Waals surface area contributed by atoms with Crippen LogP contribution in [0.25, 0.3) is 22.1 Å². The number of rotatable bonds is 6. The Hall–Kier alpha value is -2.93. The van der Waals surface area contributed by atoms with Gasteiger partial charge in [0, 0.05) is 44.0 Å². The van der Waals surface area contributed by atoms with Crippen molar-refractivity contribution in [2.24, 2.45) is 12.0 Å². The van der Waals surface area contributed by atoms with E-state index in [1.54, 1.807) is 0 Å². The van der Waals surface area contributed by atoms with Gasteiger partial charge in [0.2, 0.25) is 0 Å². The Morgan fingerprint density at radius 2 is 2.35 bits per heavy atom. The first-order valence-electron chi connectivity index (χ1n) is 8.77. The van der Waals surface area contributed by atoms with Crippen LogP contribution in [0.2, 0.25) is 0 Å². The lowest BCUT2D eigenvalue weighted by molar-refractivity contribution is 0.709. The molecule has 0 bridgehead atoms. The predicted octanol–water partition coefficient (Wildman–Crippen LogP) is 2.71. The number of aliphatic imine (C=N–C) groups is 1. The molecule has 4 heterocycles. The number of imidazole rings is 1. The van der Waals surface area contributed by atoms with Crippen LogP contribution >= 0.6 is 0 Å². The number of pyridine rings is 1. The van der Waals surface area contributed by atoms with E-state index in [0.717, 1.165) is 58.8 Å². The third kappa shape index (κ3) is 2.80. The van der Waals surface area contributed by atoms with Gasteiger partial charge in [-0.1, -0.05) is 12.2 Å². The maximum absolute atomic E-state index is 4.89. The van der Waals surface area contributed by atoms with Gasteiger partial charge in [0.1, 0.15) is 11.2 Å². The lowest BCUT2D eigenvalue weighted by Gasteiger charge is -2.15. The van der Waals surface area contributed by atoms with E-state index >= 15 is 0 Å². The molecule has 3 aromatic rings. The fourth-order valence-electron chi connectivity index (χ4n) is 3.40. The molecule has 7 nitrogen and oxygen atoms in total. The van der Waals surface area contributed by atoms with Gasteiger partial charge in [-0.3, -0.25) is 4.99 Å². The molecule has 0 spiro atoms. The van der Waals surface area contributed by atoms with Crippen LogP contribution in [-0.2, 0) is 7.05 Å². The van der Waals surface area contributed by atoms with Crippen molar-refractivity contribution >= 4 is 33.6 Å². The van der Waals surface area contributed by atoms with E-state index in [1.165, 1.54) is 0 Å². The topological polar surface area (TPSA) is 82.9 Å². The van der Waals surface area contributed by atoms with E-state index in [2.05, 4.69) is 45.4 Å². The third-order valence-electron chi connectivity index (χ3n) is 4.64. The highest BCUT2D eigenvalue weighted by atomic mass is 15.1. The molecule has 1 aliphatic heterocycles. The van der Waals surface area contributed by atoms with Gasteiger partial charge in [0.25, 0.3) is 0 Å². The predicted molar refractivity (Wildman–Crippen MR) is 107 cm³/mol. The summed E-state index contributed by atoms with van der Waals surface area (Å²) in [6.45, 7) is 5.25. The van der Waals surface area contributed by atoms with Crippen molar-refractivity contribution in [2.45, 2.75) is 12.5 Å². The minimum Gasteiger partial charge on any atom is -0.371 e. The van der Waals surface area contributed by atoms with E-state index in [9.17, 15) is 0 Å². The second-order valence-electron chi connectivity index (χ2n) is 6.44. The number of aromatic nitrogens is 4. The molecule has 0 saturated heterocycles. The molecule has 3 N–H and O–H groups in total. The zero-order valence-electron chi connectivity index (χ0n) is 15.1. The van der Waals surface area contributed by atoms with Crippen LogP contribution in [-0.4, -0.2) is 45.4 Å². The van der Waals surface area contributed by atoms with Crippen LogP contribution in [0.4, 0.5) is 5.82 Å². The summed E-state index contributed by atoms with van der Waals surface area (Å²) in [5, 5.41) is 7.52. The van der Waals surface area contributed by atoms with Crippen molar-refractivity contribution in [1.82, 2.24) is 24.8 Å². The van der Waals surface area contributed by atoms with Gasteiger partial charge in [0.05, 0.1) is 17.9 Å². The van der Waals surface area contributed by atoms with Crippen LogP contribution in [0.5, 0.6) is 0 Å². The summed E-state index contributed by atoms with van der Waals surface area (Å²) in [5.74, 6) is 0.780. The second-order valence-corrected chi connectivity index (χ2v) is 6.44. The van der Waals surface area contributed by atoms with Crippen LogP contribution in [0.1, 0.15) is 18.2 Å². The maximum Gasteiger partial charge on any atom is 0.156 e. The maximum atomic E-state index is 4.89. The average molecular weight is 349 g/mol. The number of anilines is 1. The first-order valence-corrected chi connectivity index (χ1v) is 8.77. The van der Waals surface area contributed by atoms with Gasteiger partial charge in [-0.25, -0.2) is 9.97 Å². The summed E-state index contributed by atoms with van der Waals surface area (Å²) < 4.78 is 2.03. The van der Waals surface area contributed by atoms with Crippen LogP contribution in [0.15, 0.2) is 42.2 Å². The van der Waals surface area contributed by atoms with Gasteiger partial charge in [-0.2, -0.15) is 0 Å². The molecule has 26 heavy (non-hydrogen) atoms. The largest absolute Gasteiger partial charge is 0.371 e. The quantitative estimate of drug-likeness (QED) is 0.472. The number of H-pyrrole nitrogens is 1.